The molecular weight excluding hydrogens is 375 g/mol. The molecule has 5 nitrogen and oxygen atoms in total. The van der Waals surface area contributed by atoms with Gasteiger partial charge in [0.15, 0.2) is 0 Å². The Morgan fingerprint density at radius 3 is 2.71 bits per heavy atom. The molecule has 3 rings (SSSR count). The Morgan fingerprint density at radius 2 is 2.00 bits per heavy atom. The number of halogens is 1. The number of carbonyl (C=O) groups is 1. The molecule has 1 aliphatic heterocycles. The highest BCUT2D eigenvalue weighted by Gasteiger charge is 2.28. The standard InChI is InChI=1S/C21H29FN4OS/c1-3-4-5-6-7-20(27)26-13-12-25(15-16(26)2)21-23-19(24-28-21)14-17-8-10-18(22)11-9-17/h8-11,16H,3-7,12-15H2,1-2H3. The van der Waals surface area contributed by atoms with Crippen molar-refractivity contribution >= 4 is 22.6 Å². The van der Waals surface area contributed by atoms with Crippen molar-refractivity contribution in [3.05, 3.63) is 41.5 Å². The molecule has 1 aromatic carbocycles. The summed E-state index contributed by atoms with van der Waals surface area (Å²) in [6.45, 7) is 6.60. The van der Waals surface area contributed by atoms with E-state index in [2.05, 4.69) is 28.1 Å². The molecule has 1 fully saturated rings. The molecule has 0 saturated carbocycles. The number of hydrogen-bond donors (Lipinski definition) is 0. The Bertz CT molecular complexity index is 764. The minimum absolute atomic E-state index is 0.178. The molecule has 0 aliphatic carbocycles. The van der Waals surface area contributed by atoms with Crippen LogP contribution < -0.4 is 4.90 Å². The average Bonchev–Trinajstić information content (AvgIpc) is 3.15. The van der Waals surface area contributed by atoms with Gasteiger partial charge in [-0.25, -0.2) is 9.37 Å². The van der Waals surface area contributed by atoms with E-state index in [-0.39, 0.29) is 17.8 Å². The van der Waals surface area contributed by atoms with Gasteiger partial charge in [-0.15, -0.1) is 0 Å². The van der Waals surface area contributed by atoms with Gasteiger partial charge in [0, 0.05) is 50.1 Å². The smallest absolute Gasteiger partial charge is 0.222 e. The van der Waals surface area contributed by atoms with Crippen molar-refractivity contribution < 1.29 is 9.18 Å². The van der Waals surface area contributed by atoms with E-state index in [9.17, 15) is 9.18 Å². The molecular formula is C21H29FN4OS. The number of rotatable bonds is 8. The third kappa shape index (κ3) is 5.50. The Balaban J connectivity index is 1.52. The van der Waals surface area contributed by atoms with E-state index < -0.39 is 0 Å². The van der Waals surface area contributed by atoms with E-state index in [1.165, 1.54) is 36.5 Å². The maximum atomic E-state index is 13.0. The van der Waals surface area contributed by atoms with Crippen molar-refractivity contribution in [3.8, 4) is 0 Å². The molecule has 1 saturated heterocycles. The number of piperazine rings is 1. The van der Waals surface area contributed by atoms with E-state index in [1.54, 1.807) is 12.1 Å². The molecule has 1 aliphatic rings. The summed E-state index contributed by atoms with van der Waals surface area (Å²) in [5.41, 5.74) is 0.998. The molecule has 2 aromatic rings. The van der Waals surface area contributed by atoms with Gasteiger partial charge in [0.1, 0.15) is 11.6 Å². The van der Waals surface area contributed by atoms with Crippen molar-refractivity contribution in [2.75, 3.05) is 24.5 Å². The van der Waals surface area contributed by atoms with E-state index >= 15 is 0 Å². The number of anilines is 1. The fourth-order valence-electron chi connectivity index (χ4n) is 3.58. The highest BCUT2D eigenvalue weighted by molar-refractivity contribution is 7.09. The van der Waals surface area contributed by atoms with Crippen LogP contribution in [0.1, 0.15) is 57.3 Å². The largest absolute Gasteiger partial charge is 0.343 e. The fraction of sp³-hybridized carbons (Fsp3) is 0.571. The second kappa shape index (κ2) is 9.96. The zero-order valence-corrected chi connectivity index (χ0v) is 17.6. The first kappa shape index (κ1) is 20.7. The van der Waals surface area contributed by atoms with Crippen LogP contribution in [0.4, 0.5) is 9.52 Å². The third-order valence-corrected chi connectivity index (χ3v) is 6.01. The molecule has 1 unspecified atom stereocenters. The van der Waals surface area contributed by atoms with Gasteiger partial charge < -0.3 is 9.80 Å². The first-order valence-electron chi connectivity index (χ1n) is 10.2. The molecule has 1 aromatic heterocycles. The molecule has 0 N–H and O–H groups in total. The van der Waals surface area contributed by atoms with Gasteiger partial charge in [-0.05, 0) is 31.0 Å². The predicted molar refractivity (Wildman–Crippen MR) is 111 cm³/mol. The number of amides is 1. The van der Waals surface area contributed by atoms with Crippen LogP contribution in [-0.2, 0) is 11.2 Å². The minimum Gasteiger partial charge on any atom is -0.343 e. The van der Waals surface area contributed by atoms with Crippen LogP contribution in [0.3, 0.4) is 0 Å². The molecule has 1 amide bonds. The van der Waals surface area contributed by atoms with Crippen LogP contribution in [0.25, 0.3) is 0 Å². The number of benzene rings is 1. The Labute approximate surface area is 170 Å². The topological polar surface area (TPSA) is 49.3 Å². The number of hydrogen-bond acceptors (Lipinski definition) is 5. The number of aromatic nitrogens is 2. The zero-order valence-electron chi connectivity index (χ0n) is 16.7. The lowest BCUT2D eigenvalue weighted by atomic mass is 10.1. The summed E-state index contributed by atoms with van der Waals surface area (Å²) < 4.78 is 17.5. The molecule has 0 spiro atoms. The van der Waals surface area contributed by atoms with E-state index in [4.69, 9.17) is 0 Å². The number of unbranched alkanes of at least 4 members (excludes halogenated alkanes) is 3. The predicted octanol–water partition coefficient (Wildman–Crippen LogP) is 4.28. The molecule has 0 radical (unpaired) electrons. The normalized spacial score (nSPS) is 17.2. The van der Waals surface area contributed by atoms with Gasteiger partial charge in [-0.3, -0.25) is 4.79 Å². The zero-order chi connectivity index (χ0) is 19.9. The van der Waals surface area contributed by atoms with Crippen molar-refractivity contribution in [1.29, 1.82) is 0 Å². The first-order chi connectivity index (χ1) is 13.6. The lowest BCUT2D eigenvalue weighted by Gasteiger charge is -2.39. The second-order valence-corrected chi connectivity index (χ2v) is 8.22. The van der Waals surface area contributed by atoms with Gasteiger partial charge in [0.05, 0.1) is 0 Å². The summed E-state index contributed by atoms with van der Waals surface area (Å²) in [4.78, 5) is 21.4. The number of nitrogens with zero attached hydrogens (tertiary/aromatic N) is 4. The van der Waals surface area contributed by atoms with Crippen molar-refractivity contribution in [1.82, 2.24) is 14.3 Å². The fourth-order valence-corrected chi connectivity index (χ4v) is 4.30. The molecule has 1 atom stereocenters. The van der Waals surface area contributed by atoms with E-state index in [0.717, 1.165) is 49.0 Å². The molecule has 7 heteroatoms. The molecule has 0 bridgehead atoms. The van der Waals surface area contributed by atoms with Crippen LogP contribution in [0.2, 0.25) is 0 Å². The highest BCUT2D eigenvalue weighted by atomic mass is 32.1. The maximum Gasteiger partial charge on any atom is 0.222 e. The van der Waals surface area contributed by atoms with Gasteiger partial charge in [0.2, 0.25) is 11.0 Å². The van der Waals surface area contributed by atoms with Crippen molar-refractivity contribution in [2.45, 2.75) is 58.4 Å². The lowest BCUT2D eigenvalue weighted by molar-refractivity contribution is -0.133. The molecule has 28 heavy (non-hydrogen) atoms. The second-order valence-electron chi connectivity index (χ2n) is 7.49. The SMILES string of the molecule is CCCCCCC(=O)N1CCN(c2nc(Cc3ccc(F)cc3)ns2)CC1C. The minimum atomic E-state index is -0.234. The first-order valence-corrected chi connectivity index (χ1v) is 11.0. The van der Waals surface area contributed by atoms with Crippen LogP contribution in [-0.4, -0.2) is 45.8 Å². The highest BCUT2D eigenvalue weighted by Crippen LogP contribution is 2.23. The Morgan fingerprint density at radius 1 is 1.21 bits per heavy atom. The summed E-state index contributed by atoms with van der Waals surface area (Å²) in [6.07, 6.45) is 5.77. The summed E-state index contributed by atoms with van der Waals surface area (Å²) >= 11 is 1.40. The summed E-state index contributed by atoms with van der Waals surface area (Å²) in [7, 11) is 0. The summed E-state index contributed by atoms with van der Waals surface area (Å²) in [5.74, 6) is 0.800. The van der Waals surface area contributed by atoms with Gasteiger partial charge in [-0.1, -0.05) is 38.3 Å². The van der Waals surface area contributed by atoms with Gasteiger partial charge in [-0.2, -0.15) is 4.37 Å². The monoisotopic (exact) mass is 404 g/mol. The van der Waals surface area contributed by atoms with Gasteiger partial charge >= 0.3 is 0 Å². The molecule has 152 valence electrons. The quantitative estimate of drug-likeness (QED) is 0.617. The van der Waals surface area contributed by atoms with Crippen LogP contribution in [0.15, 0.2) is 24.3 Å². The van der Waals surface area contributed by atoms with Crippen LogP contribution in [0.5, 0.6) is 0 Å². The third-order valence-electron chi connectivity index (χ3n) is 5.20. The van der Waals surface area contributed by atoms with Gasteiger partial charge in [0.25, 0.3) is 0 Å². The Kier molecular flexibility index (Phi) is 7.36. The number of carbonyl (C=O) groups excluding carboxylic acids is 1. The van der Waals surface area contributed by atoms with E-state index in [0.29, 0.717) is 12.8 Å². The van der Waals surface area contributed by atoms with Crippen molar-refractivity contribution in [3.63, 3.8) is 0 Å². The van der Waals surface area contributed by atoms with Crippen LogP contribution >= 0.6 is 11.5 Å². The summed E-state index contributed by atoms with van der Waals surface area (Å²) in [6, 6.07) is 6.63. The van der Waals surface area contributed by atoms with Crippen LogP contribution in [0, 0.1) is 5.82 Å². The van der Waals surface area contributed by atoms with Crippen molar-refractivity contribution in [2.24, 2.45) is 0 Å². The average molecular weight is 405 g/mol. The maximum absolute atomic E-state index is 13.0. The molecule has 2 heterocycles. The van der Waals surface area contributed by atoms with E-state index in [1.807, 2.05) is 4.90 Å². The Hall–Kier alpha value is -2.02. The summed E-state index contributed by atoms with van der Waals surface area (Å²) in [5, 5.41) is 0.902. The lowest BCUT2D eigenvalue weighted by Crippen LogP contribution is -2.54.